The smallest absolute Gasteiger partial charge is 0.321 e. The van der Waals surface area contributed by atoms with Crippen LogP contribution in [0, 0.1) is 18.8 Å². The topological polar surface area (TPSA) is 44.4 Å². The summed E-state index contributed by atoms with van der Waals surface area (Å²) in [7, 11) is 0. The van der Waals surface area contributed by atoms with Crippen LogP contribution in [0.15, 0.2) is 24.3 Å². The number of nitrogens with zero attached hydrogens (tertiary/aromatic N) is 1. The van der Waals surface area contributed by atoms with Crippen LogP contribution < -0.4 is 10.6 Å². The summed E-state index contributed by atoms with van der Waals surface area (Å²) in [6.07, 6.45) is 0. The molecule has 2 unspecified atom stereocenters. The molecule has 2 atom stereocenters. The number of carbonyl (C=O) groups excluding carboxylic acids is 1. The molecule has 2 saturated heterocycles. The standard InChI is InChI=1S/C14H19N3O/c1-10-3-2-4-13(5-10)16-14(18)17-8-11-6-15-7-12(11)9-17/h2-5,11-12,15H,6-9H2,1H3,(H,16,18). The number of hydrogen-bond donors (Lipinski definition) is 2. The molecule has 2 N–H and O–H groups in total. The molecule has 3 rings (SSSR count). The molecular weight excluding hydrogens is 226 g/mol. The average Bonchev–Trinajstić information content (AvgIpc) is 2.88. The van der Waals surface area contributed by atoms with Gasteiger partial charge in [-0.2, -0.15) is 0 Å². The summed E-state index contributed by atoms with van der Waals surface area (Å²) in [5, 5.41) is 6.36. The Morgan fingerprint density at radius 2 is 2.06 bits per heavy atom. The number of nitrogens with one attached hydrogen (secondary N) is 2. The van der Waals surface area contributed by atoms with Gasteiger partial charge in [-0.05, 0) is 36.5 Å². The maximum Gasteiger partial charge on any atom is 0.321 e. The van der Waals surface area contributed by atoms with Crippen LogP contribution >= 0.6 is 0 Å². The molecule has 0 aromatic heterocycles. The van der Waals surface area contributed by atoms with E-state index in [1.165, 1.54) is 0 Å². The predicted molar refractivity (Wildman–Crippen MR) is 71.6 cm³/mol. The zero-order valence-corrected chi connectivity index (χ0v) is 10.6. The van der Waals surface area contributed by atoms with Gasteiger partial charge < -0.3 is 15.5 Å². The summed E-state index contributed by atoms with van der Waals surface area (Å²) >= 11 is 0. The molecule has 0 radical (unpaired) electrons. The minimum absolute atomic E-state index is 0.0370. The van der Waals surface area contributed by atoms with Crippen molar-refractivity contribution in [2.45, 2.75) is 6.92 Å². The van der Waals surface area contributed by atoms with Gasteiger partial charge in [-0.1, -0.05) is 12.1 Å². The van der Waals surface area contributed by atoms with Gasteiger partial charge in [-0.3, -0.25) is 0 Å². The number of amides is 2. The number of rotatable bonds is 1. The van der Waals surface area contributed by atoms with E-state index in [4.69, 9.17) is 0 Å². The second-order valence-electron chi connectivity index (χ2n) is 5.38. The predicted octanol–water partition coefficient (Wildman–Crippen LogP) is 1.68. The molecular formula is C14H19N3O. The largest absolute Gasteiger partial charge is 0.324 e. The van der Waals surface area contributed by atoms with Crippen molar-refractivity contribution in [2.75, 3.05) is 31.5 Å². The van der Waals surface area contributed by atoms with Gasteiger partial charge >= 0.3 is 6.03 Å². The summed E-state index contributed by atoms with van der Waals surface area (Å²) in [6, 6.07) is 7.96. The minimum atomic E-state index is 0.0370. The summed E-state index contributed by atoms with van der Waals surface area (Å²) in [6.45, 7) is 5.91. The van der Waals surface area contributed by atoms with Gasteiger partial charge in [0.2, 0.25) is 0 Å². The van der Waals surface area contributed by atoms with Crippen molar-refractivity contribution in [3.05, 3.63) is 29.8 Å². The Morgan fingerprint density at radius 1 is 1.33 bits per heavy atom. The molecule has 2 fully saturated rings. The van der Waals surface area contributed by atoms with Crippen molar-refractivity contribution in [3.8, 4) is 0 Å². The first-order chi connectivity index (χ1) is 8.72. The highest BCUT2D eigenvalue weighted by atomic mass is 16.2. The summed E-state index contributed by atoms with van der Waals surface area (Å²) in [5.41, 5.74) is 2.05. The molecule has 4 nitrogen and oxygen atoms in total. The van der Waals surface area contributed by atoms with Gasteiger partial charge in [0.15, 0.2) is 0 Å². The van der Waals surface area contributed by atoms with Crippen LogP contribution in [0.25, 0.3) is 0 Å². The van der Waals surface area contributed by atoms with Crippen LogP contribution in [0.1, 0.15) is 5.56 Å². The fourth-order valence-corrected chi connectivity index (χ4v) is 2.95. The van der Waals surface area contributed by atoms with E-state index in [0.717, 1.165) is 37.4 Å². The molecule has 0 spiro atoms. The van der Waals surface area contributed by atoms with E-state index in [1.807, 2.05) is 36.1 Å². The number of anilines is 1. The van der Waals surface area contributed by atoms with Gasteiger partial charge in [-0.25, -0.2) is 4.79 Å². The van der Waals surface area contributed by atoms with Crippen LogP contribution in [-0.4, -0.2) is 37.1 Å². The zero-order chi connectivity index (χ0) is 12.5. The van der Waals surface area contributed by atoms with Crippen molar-refractivity contribution in [1.29, 1.82) is 0 Å². The lowest BCUT2D eigenvalue weighted by Gasteiger charge is -2.18. The van der Waals surface area contributed by atoms with E-state index in [9.17, 15) is 4.79 Å². The maximum absolute atomic E-state index is 12.2. The van der Waals surface area contributed by atoms with Crippen molar-refractivity contribution in [1.82, 2.24) is 10.2 Å². The van der Waals surface area contributed by atoms with E-state index in [1.54, 1.807) is 0 Å². The Morgan fingerprint density at radius 3 is 2.72 bits per heavy atom. The Kier molecular flexibility index (Phi) is 2.96. The average molecular weight is 245 g/mol. The molecule has 2 aliphatic rings. The maximum atomic E-state index is 12.2. The Labute approximate surface area is 107 Å². The van der Waals surface area contributed by atoms with Crippen LogP contribution in [0.3, 0.4) is 0 Å². The van der Waals surface area contributed by atoms with Crippen LogP contribution in [0.5, 0.6) is 0 Å². The fraction of sp³-hybridized carbons (Fsp3) is 0.500. The summed E-state index contributed by atoms with van der Waals surface area (Å²) in [4.78, 5) is 14.1. The lowest BCUT2D eigenvalue weighted by atomic mass is 10.0. The molecule has 0 aliphatic carbocycles. The molecule has 2 heterocycles. The Hall–Kier alpha value is -1.55. The third-order valence-corrected chi connectivity index (χ3v) is 3.95. The third kappa shape index (κ3) is 2.20. The molecule has 18 heavy (non-hydrogen) atoms. The number of fused-ring (bicyclic) bond motifs is 1. The number of aryl methyl sites for hydroxylation is 1. The Balaban J connectivity index is 1.62. The minimum Gasteiger partial charge on any atom is -0.324 e. The van der Waals surface area contributed by atoms with Crippen molar-refractivity contribution < 1.29 is 4.79 Å². The first-order valence-electron chi connectivity index (χ1n) is 6.55. The summed E-state index contributed by atoms with van der Waals surface area (Å²) in [5.74, 6) is 1.29. The number of urea groups is 1. The molecule has 96 valence electrons. The van der Waals surface area contributed by atoms with E-state index < -0.39 is 0 Å². The molecule has 2 amide bonds. The van der Waals surface area contributed by atoms with E-state index in [0.29, 0.717) is 11.8 Å². The highest BCUT2D eigenvalue weighted by Gasteiger charge is 2.37. The fourth-order valence-electron chi connectivity index (χ4n) is 2.95. The lowest BCUT2D eigenvalue weighted by molar-refractivity contribution is 0.219. The Bertz CT molecular complexity index is 448. The lowest BCUT2D eigenvalue weighted by Crippen LogP contribution is -2.35. The van der Waals surface area contributed by atoms with E-state index in [-0.39, 0.29) is 6.03 Å². The number of hydrogen-bond acceptors (Lipinski definition) is 2. The highest BCUT2D eigenvalue weighted by molar-refractivity contribution is 5.89. The van der Waals surface area contributed by atoms with Crippen molar-refractivity contribution in [2.24, 2.45) is 11.8 Å². The third-order valence-electron chi connectivity index (χ3n) is 3.95. The normalized spacial score (nSPS) is 26.2. The van der Waals surface area contributed by atoms with Crippen LogP contribution in [0.4, 0.5) is 10.5 Å². The molecule has 4 heteroatoms. The zero-order valence-electron chi connectivity index (χ0n) is 10.6. The second-order valence-corrected chi connectivity index (χ2v) is 5.38. The van der Waals surface area contributed by atoms with Gasteiger partial charge in [0.25, 0.3) is 0 Å². The van der Waals surface area contributed by atoms with E-state index in [2.05, 4.69) is 10.6 Å². The molecule has 0 bridgehead atoms. The van der Waals surface area contributed by atoms with Crippen molar-refractivity contribution >= 4 is 11.7 Å². The van der Waals surface area contributed by atoms with Crippen LogP contribution in [0.2, 0.25) is 0 Å². The van der Waals surface area contributed by atoms with Crippen LogP contribution in [-0.2, 0) is 0 Å². The quantitative estimate of drug-likeness (QED) is 0.790. The number of benzene rings is 1. The first-order valence-corrected chi connectivity index (χ1v) is 6.55. The second kappa shape index (κ2) is 4.61. The van der Waals surface area contributed by atoms with Gasteiger partial charge in [0.05, 0.1) is 0 Å². The number of carbonyl (C=O) groups is 1. The summed E-state index contributed by atoms with van der Waals surface area (Å²) < 4.78 is 0. The highest BCUT2D eigenvalue weighted by Crippen LogP contribution is 2.26. The van der Waals surface area contributed by atoms with Crippen molar-refractivity contribution in [3.63, 3.8) is 0 Å². The number of likely N-dealkylation sites (tertiary alicyclic amines) is 1. The first kappa shape index (κ1) is 11.5. The molecule has 1 aromatic rings. The molecule has 0 saturated carbocycles. The van der Waals surface area contributed by atoms with Gasteiger partial charge in [0, 0.05) is 31.9 Å². The molecule has 2 aliphatic heterocycles. The van der Waals surface area contributed by atoms with Gasteiger partial charge in [0.1, 0.15) is 0 Å². The van der Waals surface area contributed by atoms with Gasteiger partial charge in [-0.15, -0.1) is 0 Å². The SMILES string of the molecule is Cc1cccc(NC(=O)N2CC3CNCC3C2)c1. The monoisotopic (exact) mass is 245 g/mol. The van der Waals surface area contributed by atoms with E-state index >= 15 is 0 Å². The molecule has 1 aromatic carbocycles.